The molecule has 0 aliphatic heterocycles. The van der Waals surface area contributed by atoms with E-state index in [0.717, 1.165) is 0 Å². The van der Waals surface area contributed by atoms with Crippen LogP contribution >= 0.6 is 0 Å². The van der Waals surface area contributed by atoms with Crippen LogP contribution in [0.15, 0.2) is 24.5 Å². The molecule has 0 saturated heterocycles. The summed E-state index contributed by atoms with van der Waals surface area (Å²) in [6.07, 6.45) is 3.16. The van der Waals surface area contributed by atoms with Gasteiger partial charge in [-0.05, 0) is 12.1 Å². The third kappa shape index (κ3) is 5.74. The molecule has 0 aromatic carbocycles. The van der Waals surface area contributed by atoms with Crippen molar-refractivity contribution in [1.82, 2.24) is 10.3 Å². The lowest BCUT2D eigenvalue weighted by atomic mass is 10.1. The van der Waals surface area contributed by atoms with Gasteiger partial charge in [-0.15, -0.1) is 0 Å². The fourth-order valence-corrected chi connectivity index (χ4v) is 0.888. The highest BCUT2D eigenvalue weighted by molar-refractivity contribution is 6.33. The van der Waals surface area contributed by atoms with Crippen LogP contribution in [0.2, 0.25) is 0 Å². The lowest BCUT2D eigenvalue weighted by Gasteiger charge is -1.95. The number of hydrogen-bond donors (Lipinski definition) is 2. The number of carboxylic acids is 1. The molecule has 98 valence electrons. The zero-order valence-corrected chi connectivity index (χ0v) is 10.5. The first-order valence-electron chi connectivity index (χ1n) is 5.29. The van der Waals surface area contributed by atoms with Crippen molar-refractivity contribution in [2.45, 2.75) is 13.8 Å². The standard InChI is InChI=1S/C7H8N2O.C5H8O3/c1-8-7(10)6-3-2-4-9-5-6;1-3(2)4(6)5(7)8/h2-5H,1H3,(H,8,10);3H,1-2H3,(H,7,8). The zero-order chi connectivity index (χ0) is 14.1. The molecule has 0 unspecified atom stereocenters. The topological polar surface area (TPSA) is 96.4 Å². The number of nitrogens with one attached hydrogen (secondary N) is 1. The van der Waals surface area contributed by atoms with Crippen LogP contribution in [0, 0.1) is 5.92 Å². The summed E-state index contributed by atoms with van der Waals surface area (Å²) in [5.41, 5.74) is 0.588. The van der Waals surface area contributed by atoms with Gasteiger partial charge in [-0.1, -0.05) is 13.8 Å². The molecule has 18 heavy (non-hydrogen) atoms. The Morgan fingerprint density at radius 3 is 2.22 bits per heavy atom. The van der Waals surface area contributed by atoms with Crippen LogP contribution < -0.4 is 5.32 Å². The van der Waals surface area contributed by atoms with Gasteiger partial charge in [-0.3, -0.25) is 14.6 Å². The molecule has 6 nitrogen and oxygen atoms in total. The molecule has 1 aromatic heterocycles. The molecule has 0 radical (unpaired) electrons. The van der Waals surface area contributed by atoms with Gasteiger partial charge in [0.15, 0.2) is 0 Å². The smallest absolute Gasteiger partial charge is 0.372 e. The van der Waals surface area contributed by atoms with Gasteiger partial charge in [0.1, 0.15) is 0 Å². The van der Waals surface area contributed by atoms with E-state index < -0.39 is 17.7 Å². The van der Waals surface area contributed by atoms with Crippen LogP contribution in [0.5, 0.6) is 0 Å². The molecule has 1 heterocycles. The number of rotatable bonds is 3. The predicted molar refractivity (Wildman–Crippen MR) is 65.1 cm³/mol. The Kier molecular flexibility index (Phi) is 6.95. The van der Waals surface area contributed by atoms with Crippen molar-refractivity contribution < 1.29 is 19.5 Å². The van der Waals surface area contributed by atoms with Crippen LogP contribution in [0.1, 0.15) is 24.2 Å². The van der Waals surface area contributed by atoms with Crippen LogP contribution in [-0.2, 0) is 9.59 Å². The second-order valence-corrected chi connectivity index (χ2v) is 3.64. The lowest BCUT2D eigenvalue weighted by Crippen LogP contribution is -2.18. The van der Waals surface area contributed by atoms with E-state index in [1.165, 1.54) is 6.20 Å². The van der Waals surface area contributed by atoms with E-state index >= 15 is 0 Å². The number of carboxylic acid groups (broad SMARTS) is 1. The normalized spacial score (nSPS) is 9.11. The summed E-state index contributed by atoms with van der Waals surface area (Å²) in [7, 11) is 1.59. The highest BCUT2D eigenvalue weighted by Gasteiger charge is 2.14. The van der Waals surface area contributed by atoms with Crippen molar-refractivity contribution in [1.29, 1.82) is 0 Å². The molecule has 0 aliphatic rings. The minimum atomic E-state index is -1.35. The van der Waals surface area contributed by atoms with E-state index in [0.29, 0.717) is 5.56 Å². The molecule has 6 heteroatoms. The first-order valence-corrected chi connectivity index (χ1v) is 5.29. The van der Waals surface area contributed by atoms with Gasteiger partial charge in [0, 0.05) is 25.4 Å². The molecule has 0 aliphatic carbocycles. The maximum absolute atomic E-state index is 10.9. The Bertz CT molecular complexity index is 415. The molecular weight excluding hydrogens is 236 g/mol. The van der Waals surface area contributed by atoms with Gasteiger partial charge in [-0.25, -0.2) is 4.79 Å². The number of carbonyl (C=O) groups is 3. The van der Waals surface area contributed by atoms with Gasteiger partial charge in [-0.2, -0.15) is 0 Å². The molecule has 0 bridgehead atoms. The highest BCUT2D eigenvalue weighted by Crippen LogP contribution is 1.93. The molecule has 1 amide bonds. The van der Waals surface area contributed by atoms with E-state index in [1.54, 1.807) is 39.2 Å². The number of pyridine rings is 1. The Balaban J connectivity index is 0.000000331. The molecule has 0 spiro atoms. The third-order valence-electron chi connectivity index (χ3n) is 1.89. The fraction of sp³-hybridized carbons (Fsp3) is 0.333. The number of amides is 1. The number of ketones is 1. The number of nitrogens with zero attached hydrogens (tertiary/aromatic N) is 1. The van der Waals surface area contributed by atoms with Crippen molar-refractivity contribution in [2.24, 2.45) is 5.92 Å². The molecule has 2 N–H and O–H groups in total. The van der Waals surface area contributed by atoms with Crippen molar-refractivity contribution in [3.05, 3.63) is 30.1 Å². The number of hydrogen-bond acceptors (Lipinski definition) is 4. The van der Waals surface area contributed by atoms with E-state index in [1.807, 2.05) is 0 Å². The summed E-state index contributed by atoms with van der Waals surface area (Å²) in [5.74, 6) is -2.58. The van der Waals surface area contributed by atoms with Crippen molar-refractivity contribution >= 4 is 17.7 Å². The van der Waals surface area contributed by atoms with Gasteiger partial charge >= 0.3 is 5.97 Å². The monoisotopic (exact) mass is 252 g/mol. The van der Waals surface area contributed by atoms with Gasteiger partial charge in [0.25, 0.3) is 5.91 Å². The molecule has 0 atom stereocenters. The molecule has 0 fully saturated rings. The summed E-state index contributed by atoms with van der Waals surface area (Å²) in [4.78, 5) is 34.7. The van der Waals surface area contributed by atoms with E-state index in [2.05, 4.69) is 10.3 Å². The van der Waals surface area contributed by atoms with E-state index in [4.69, 9.17) is 5.11 Å². The molecular formula is C12H16N2O4. The van der Waals surface area contributed by atoms with Crippen molar-refractivity contribution in [2.75, 3.05) is 7.05 Å². The number of aliphatic carboxylic acids is 1. The lowest BCUT2D eigenvalue weighted by molar-refractivity contribution is -0.150. The van der Waals surface area contributed by atoms with Gasteiger partial charge in [0.05, 0.1) is 5.56 Å². The van der Waals surface area contributed by atoms with Gasteiger partial charge in [0.2, 0.25) is 5.78 Å². The fourth-order valence-electron chi connectivity index (χ4n) is 0.888. The third-order valence-corrected chi connectivity index (χ3v) is 1.89. The van der Waals surface area contributed by atoms with Crippen LogP contribution in [0.4, 0.5) is 0 Å². The predicted octanol–water partition coefficient (Wildman–Crippen LogP) is 0.737. The average molecular weight is 252 g/mol. The van der Waals surface area contributed by atoms with Crippen molar-refractivity contribution in [3.8, 4) is 0 Å². The summed E-state index contributed by atoms with van der Waals surface area (Å²) < 4.78 is 0. The maximum Gasteiger partial charge on any atom is 0.372 e. The minimum absolute atomic E-state index is 0.104. The SMILES string of the molecule is CC(C)C(=O)C(=O)O.CNC(=O)c1cccnc1. The van der Waals surface area contributed by atoms with Crippen molar-refractivity contribution in [3.63, 3.8) is 0 Å². The largest absolute Gasteiger partial charge is 0.475 e. The molecule has 1 aromatic rings. The zero-order valence-electron chi connectivity index (χ0n) is 10.5. The second-order valence-electron chi connectivity index (χ2n) is 3.64. The number of Topliss-reactive ketones (excluding diaryl/α,β-unsaturated/α-hetero) is 1. The highest BCUT2D eigenvalue weighted by atomic mass is 16.4. The Morgan fingerprint density at radius 2 is 1.94 bits per heavy atom. The summed E-state index contributed by atoms with van der Waals surface area (Å²) in [6.45, 7) is 3.10. The van der Waals surface area contributed by atoms with E-state index in [9.17, 15) is 14.4 Å². The summed E-state index contributed by atoms with van der Waals surface area (Å²) >= 11 is 0. The second kappa shape index (κ2) is 7.94. The molecule has 0 saturated carbocycles. The minimum Gasteiger partial charge on any atom is -0.475 e. The van der Waals surface area contributed by atoms with Crippen LogP contribution in [-0.4, -0.2) is 34.8 Å². The number of aromatic nitrogens is 1. The summed E-state index contributed by atoms with van der Waals surface area (Å²) in [6, 6.07) is 3.44. The van der Waals surface area contributed by atoms with Crippen LogP contribution in [0.3, 0.4) is 0 Å². The summed E-state index contributed by atoms with van der Waals surface area (Å²) in [5, 5.41) is 10.5. The Hall–Kier alpha value is -2.24. The van der Waals surface area contributed by atoms with Gasteiger partial charge < -0.3 is 10.4 Å². The first-order chi connectivity index (χ1) is 8.40. The average Bonchev–Trinajstić information content (AvgIpc) is 2.38. The quantitative estimate of drug-likeness (QED) is 0.773. The van der Waals surface area contributed by atoms with E-state index in [-0.39, 0.29) is 5.91 Å². The van der Waals surface area contributed by atoms with Crippen LogP contribution in [0.25, 0.3) is 0 Å². The maximum atomic E-state index is 10.9. The first kappa shape index (κ1) is 15.8. The Labute approximate surface area is 105 Å². The number of carbonyl (C=O) groups excluding carboxylic acids is 2. The molecule has 1 rings (SSSR count). The Morgan fingerprint density at radius 1 is 1.33 bits per heavy atom.